The molecule has 0 saturated carbocycles. The Kier molecular flexibility index (Phi) is 10.7. The summed E-state index contributed by atoms with van der Waals surface area (Å²) in [7, 11) is 0. The number of likely N-dealkylation sites (N-methyl/N-ethyl adjacent to an activating group) is 1. The Morgan fingerprint density at radius 3 is 2.73 bits per heavy atom. The molecular weight excluding hydrogens is 354 g/mol. The summed E-state index contributed by atoms with van der Waals surface area (Å²) in [5.41, 5.74) is 0. The lowest BCUT2D eigenvalue weighted by Crippen LogP contribution is -2.46. The average Bonchev–Trinajstić information content (AvgIpc) is 2.66. The molecule has 0 bridgehead atoms. The lowest BCUT2D eigenvalue weighted by atomic mass is 9.97. The second-order valence-corrected chi connectivity index (χ2v) is 6.24. The number of ether oxygens (including phenoxy) is 1. The van der Waals surface area contributed by atoms with Gasteiger partial charge in [0, 0.05) is 26.2 Å². The molecule has 1 heterocycles. The third-order valence-electron chi connectivity index (χ3n) is 4.32. The fourth-order valence-corrected chi connectivity index (χ4v) is 2.94. The van der Waals surface area contributed by atoms with E-state index < -0.39 is 0 Å². The van der Waals surface area contributed by atoms with Gasteiger partial charge in [0.2, 0.25) is 11.8 Å². The van der Waals surface area contributed by atoms with Crippen molar-refractivity contribution in [1.29, 1.82) is 0 Å². The number of rotatable bonds is 9. The molecule has 6 nitrogen and oxygen atoms in total. The number of nitrogens with one attached hydrogen (secondary N) is 2. The van der Waals surface area contributed by atoms with Gasteiger partial charge in [0.1, 0.15) is 5.75 Å². The maximum atomic E-state index is 12.4. The van der Waals surface area contributed by atoms with Gasteiger partial charge in [-0.1, -0.05) is 25.1 Å². The molecule has 7 heteroatoms. The Morgan fingerprint density at radius 1 is 1.23 bits per heavy atom. The quantitative estimate of drug-likeness (QED) is 0.638. The number of para-hydroxylation sites is 1. The molecule has 1 aliphatic heterocycles. The molecule has 1 unspecified atom stereocenters. The molecule has 1 fully saturated rings. The van der Waals surface area contributed by atoms with Crippen molar-refractivity contribution in [3.05, 3.63) is 30.3 Å². The molecule has 1 saturated heterocycles. The number of piperidine rings is 1. The van der Waals surface area contributed by atoms with Crippen LogP contribution in [-0.2, 0) is 9.59 Å². The van der Waals surface area contributed by atoms with Crippen molar-refractivity contribution in [2.75, 3.05) is 39.3 Å². The Balaban J connectivity index is 0.00000338. The summed E-state index contributed by atoms with van der Waals surface area (Å²) in [6.07, 6.45) is 2.05. The smallest absolute Gasteiger partial charge is 0.226 e. The molecule has 0 aliphatic carbocycles. The van der Waals surface area contributed by atoms with Gasteiger partial charge in [-0.15, -0.1) is 12.4 Å². The van der Waals surface area contributed by atoms with E-state index in [1.165, 1.54) is 0 Å². The normalized spacial score (nSPS) is 16.5. The van der Waals surface area contributed by atoms with Crippen LogP contribution in [-0.4, -0.2) is 56.0 Å². The van der Waals surface area contributed by atoms with E-state index in [0.717, 1.165) is 38.2 Å². The van der Waals surface area contributed by atoms with E-state index in [1.807, 2.05) is 37.3 Å². The zero-order chi connectivity index (χ0) is 17.9. The number of hydrogen-bond donors (Lipinski definition) is 2. The zero-order valence-corrected chi connectivity index (χ0v) is 16.2. The van der Waals surface area contributed by atoms with Crippen LogP contribution in [0.25, 0.3) is 0 Å². The summed E-state index contributed by atoms with van der Waals surface area (Å²) in [5.74, 6) is 0.776. The summed E-state index contributed by atoms with van der Waals surface area (Å²) < 4.78 is 5.58. The molecule has 1 atom stereocenters. The first-order chi connectivity index (χ1) is 12.2. The molecule has 2 amide bonds. The van der Waals surface area contributed by atoms with Crippen LogP contribution in [0.4, 0.5) is 0 Å². The van der Waals surface area contributed by atoms with E-state index >= 15 is 0 Å². The lowest BCUT2D eigenvalue weighted by Gasteiger charge is -2.32. The molecule has 146 valence electrons. The average molecular weight is 384 g/mol. The fraction of sp³-hybridized carbons (Fsp3) is 0.579. The Hall–Kier alpha value is -1.79. The van der Waals surface area contributed by atoms with E-state index in [1.54, 1.807) is 4.90 Å². The summed E-state index contributed by atoms with van der Waals surface area (Å²) >= 11 is 0. The first-order valence-electron chi connectivity index (χ1n) is 9.14. The van der Waals surface area contributed by atoms with Crippen molar-refractivity contribution in [3.63, 3.8) is 0 Å². The minimum atomic E-state index is -0.102. The number of benzene rings is 1. The van der Waals surface area contributed by atoms with Gasteiger partial charge in [0.15, 0.2) is 0 Å². The van der Waals surface area contributed by atoms with Gasteiger partial charge in [-0.3, -0.25) is 9.59 Å². The molecule has 1 aliphatic rings. The van der Waals surface area contributed by atoms with Gasteiger partial charge in [-0.2, -0.15) is 0 Å². The molecule has 0 spiro atoms. The highest BCUT2D eigenvalue weighted by atomic mass is 35.5. The van der Waals surface area contributed by atoms with Crippen LogP contribution < -0.4 is 15.4 Å². The van der Waals surface area contributed by atoms with Gasteiger partial charge in [0.05, 0.1) is 18.9 Å². The topological polar surface area (TPSA) is 70.7 Å². The molecule has 26 heavy (non-hydrogen) atoms. The number of amides is 2. The SMILES string of the molecule is CCNCCNC(=O)C1CCCN(C(=O)CCOc2ccccc2)C1.Cl. The fourth-order valence-electron chi connectivity index (χ4n) is 2.94. The number of halogens is 1. The Bertz CT molecular complexity index is 542. The number of likely N-dealkylation sites (tertiary alicyclic amines) is 1. The summed E-state index contributed by atoms with van der Waals surface area (Å²) in [5, 5.41) is 6.12. The zero-order valence-electron chi connectivity index (χ0n) is 15.4. The van der Waals surface area contributed by atoms with Gasteiger partial charge >= 0.3 is 0 Å². The Morgan fingerprint density at radius 2 is 2.00 bits per heavy atom. The van der Waals surface area contributed by atoms with Crippen molar-refractivity contribution < 1.29 is 14.3 Å². The molecule has 0 aromatic heterocycles. The van der Waals surface area contributed by atoms with E-state index in [2.05, 4.69) is 10.6 Å². The molecule has 2 N–H and O–H groups in total. The van der Waals surface area contributed by atoms with Crippen LogP contribution in [0.3, 0.4) is 0 Å². The lowest BCUT2D eigenvalue weighted by molar-refractivity contribution is -0.136. The van der Waals surface area contributed by atoms with E-state index in [-0.39, 0.29) is 30.1 Å². The highest BCUT2D eigenvalue weighted by molar-refractivity contribution is 5.85. The maximum absolute atomic E-state index is 12.4. The number of nitrogens with zero attached hydrogens (tertiary/aromatic N) is 1. The van der Waals surface area contributed by atoms with Crippen LogP contribution in [0.5, 0.6) is 5.75 Å². The molecule has 1 aromatic rings. The monoisotopic (exact) mass is 383 g/mol. The highest BCUT2D eigenvalue weighted by Gasteiger charge is 2.27. The standard InChI is InChI=1S/C19H29N3O3.ClH/c1-2-20-11-12-21-19(24)16-7-6-13-22(15-16)18(23)10-14-25-17-8-4-3-5-9-17;/h3-5,8-9,16,20H,2,6-7,10-15H2,1H3,(H,21,24);1H. The van der Waals surface area contributed by atoms with Gasteiger partial charge < -0.3 is 20.3 Å². The second kappa shape index (κ2) is 12.5. The highest BCUT2D eigenvalue weighted by Crippen LogP contribution is 2.17. The minimum Gasteiger partial charge on any atom is -0.493 e. The summed E-state index contributed by atoms with van der Waals surface area (Å²) in [6, 6.07) is 9.48. The minimum absolute atomic E-state index is 0. The first kappa shape index (κ1) is 22.3. The number of carbonyl (C=O) groups is 2. The van der Waals surface area contributed by atoms with Crippen molar-refractivity contribution in [3.8, 4) is 5.75 Å². The van der Waals surface area contributed by atoms with E-state index in [0.29, 0.717) is 26.1 Å². The van der Waals surface area contributed by atoms with Crippen LogP contribution in [0, 0.1) is 5.92 Å². The van der Waals surface area contributed by atoms with Crippen molar-refractivity contribution in [2.24, 2.45) is 5.92 Å². The van der Waals surface area contributed by atoms with Crippen LogP contribution in [0.15, 0.2) is 30.3 Å². The third kappa shape index (κ3) is 7.62. The molecule has 0 radical (unpaired) electrons. The van der Waals surface area contributed by atoms with Crippen molar-refractivity contribution in [1.82, 2.24) is 15.5 Å². The largest absolute Gasteiger partial charge is 0.493 e. The van der Waals surface area contributed by atoms with Crippen molar-refractivity contribution >= 4 is 24.2 Å². The first-order valence-corrected chi connectivity index (χ1v) is 9.14. The van der Waals surface area contributed by atoms with Crippen LogP contribution >= 0.6 is 12.4 Å². The predicted octanol–water partition coefficient (Wildman–Crippen LogP) is 1.84. The third-order valence-corrected chi connectivity index (χ3v) is 4.32. The second-order valence-electron chi connectivity index (χ2n) is 6.24. The molecule has 1 aromatic carbocycles. The van der Waals surface area contributed by atoms with E-state index in [4.69, 9.17) is 4.74 Å². The summed E-state index contributed by atoms with van der Waals surface area (Å²) in [6.45, 7) is 5.93. The molecular formula is C19H30ClN3O3. The Labute approximate surface area is 162 Å². The van der Waals surface area contributed by atoms with Crippen LogP contribution in [0.1, 0.15) is 26.2 Å². The van der Waals surface area contributed by atoms with E-state index in [9.17, 15) is 9.59 Å². The van der Waals surface area contributed by atoms with Crippen LogP contribution in [0.2, 0.25) is 0 Å². The van der Waals surface area contributed by atoms with Gasteiger partial charge in [-0.25, -0.2) is 0 Å². The van der Waals surface area contributed by atoms with Crippen molar-refractivity contribution in [2.45, 2.75) is 26.2 Å². The summed E-state index contributed by atoms with van der Waals surface area (Å²) in [4.78, 5) is 26.4. The van der Waals surface area contributed by atoms with Gasteiger partial charge in [0.25, 0.3) is 0 Å². The van der Waals surface area contributed by atoms with Gasteiger partial charge in [-0.05, 0) is 31.5 Å². The maximum Gasteiger partial charge on any atom is 0.226 e. The number of hydrogen-bond acceptors (Lipinski definition) is 4. The predicted molar refractivity (Wildman–Crippen MR) is 105 cm³/mol. The molecule has 2 rings (SSSR count). The number of carbonyl (C=O) groups excluding carboxylic acids is 2.